The summed E-state index contributed by atoms with van der Waals surface area (Å²) in [5, 5.41) is 13.5. The van der Waals surface area contributed by atoms with Gasteiger partial charge in [-0.1, -0.05) is 6.92 Å². The number of fused-ring (bicyclic) bond motifs is 1. The maximum atomic E-state index is 9.95. The van der Waals surface area contributed by atoms with Crippen LogP contribution in [0.4, 0.5) is 0 Å². The van der Waals surface area contributed by atoms with Gasteiger partial charge in [0.05, 0.1) is 5.60 Å². The standard InChI is InChI=1S/C12H24N2O/c1-3-12(2,15)9-13-10-6-8-14-7-4-5-11(10)14/h10-11,13,15H,3-9H2,1-2H3. The van der Waals surface area contributed by atoms with Gasteiger partial charge < -0.3 is 10.4 Å². The maximum Gasteiger partial charge on any atom is 0.0741 e. The van der Waals surface area contributed by atoms with Gasteiger partial charge in [0.2, 0.25) is 0 Å². The van der Waals surface area contributed by atoms with Gasteiger partial charge in [0, 0.05) is 25.2 Å². The molecule has 3 heteroatoms. The summed E-state index contributed by atoms with van der Waals surface area (Å²) in [6.07, 6.45) is 4.77. The van der Waals surface area contributed by atoms with Crippen LogP contribution in [0.2, 0.25) is 0 Å². The molecule has 0 amide bonds. The molecule has 88 valence electrons. The maximum absolute atomic E-state index is 9.95. The molecule has 0 aliphatic carbocycles. The van der Waals surface area contributed by atoms with E-state index in [1.165, 1.54) is 32.4 Å². The summed E-state index contributed by atoms with van der Waals surface area (Å²) in [6, 6.07) is 1.36. The number of nitrogens with zero attached hydrogens (tertiary/aromatic N) is 1. The highest BCUT2D eigenvalue weighted by Gasteiger charge is 2.37. The third-order valence-electron chi connectivity index (χ3n) is 4.11. The van der Waals surface area contributed by atoms with Crippen LogP contribution in [0.3, 0.4) is 0 Å². The third-order valence-corrected chi connectivity index (χ3v) is 4.11. The Kier molecular flexibility index (Phi) is 3.33. The zero-order valence-corrected chi connectivity index (χ0v) is 10.00. The van der Waals surface area contributed by atoms with Crippen LogP contribution in [0, 0.1) is 0 Å². The van der Waals surface area contributed by atoms with Crippen molar-refractivity contribution >= 4 is 0 Å². The number of rotatable bonds is 4. The first-order chi connectivity index (χ1) is 7.12. The fraction of sp³-hybridized carbons (Fsp3) is 1.00. The predicted molar refractivity (Wildman–Crippen MR) is 61.9 cm³/mol. The summed E-state index contributed by atoms with van der Waals surface area (Å²) in [4.78, 5) is 2.60. The van der Waals surface area contributed by atoms with E-state index in [1.807, 2.05) is 13.8 Å². The van der Waals surface area contributed by atoms with Gasteiger partial charge in [-0.15, -0.1) is 0 Å². The van der Waals surface area contributed by atoms with Gasteiger partial charge in [0.25, 0.3) is 0 Å². The Balaban J connectivity index is 1.80. The first-order valence-corrected chi connectivity index (χ1v) is 6.32. The Labute approximate surface area is 92.8 Å². The van der Waals surface area contributed by atoms with Crippen LogP contribution in [0.25, 0.3) is 0 Å². The minimum atomic E-state index is -0.536. The smallest absolute Gasteiger partial charge is 0.0741 e. The van der Waals surface area contributed by atoms with Crippen molar-refractivity contribution in [2.75, 3.05) is 19.6 Å². The largest absolute Gasteiger partial charge is 0.389 e. The summed E-state index contributed by atoms with van der Waals surface area (Å²) < 4.78 is 0. The minimum Gasteiger partial charge on any atom is -0.389 e. The van der Waals surface area contributed by atoms with E-state index >= 15 is 0 Å². The van der Waals surface area contributed by atoms with E-state index in [-0.39, 0.29) is 0 Å². The topological polar surface area (TPSA) is 35.5 Å². The van der Waals surface area contributed by atoms with Crippen LogP contribution >= 0.6 is 0 Å². The molecule has 15 heavy (non-hydrogen) atoms. The Morgan fingerprint density at radius 1 is 1.40 bits per heavy atom. The summed E-state index contributed by atoms with van der Waals surface area (Å²) in [6.45, 7) is 7.22. The van der Waals surface area contributed by atoms with Crippen molar-refractivity contribution in [3.05, 3.63) is 0 Å². The lowest BCUT2D eigenvalue weighted by Gasteiger charge is -2.27. The Hall–Kier alpha value is -0.120. The van der Waals surface area contributed by atoms with Crippen molar-refractivity contribution in [1.29, 1.82) is 0 Å². The molecule has 2 N–H and O–H groups in total. The zero-order valence-electron chi connectivity index (χ0n) is 10.00. The fourth-order valence-corrected chi connectivity index (χ4v) is 2.80. The molecule has 0 aromatic heterocycles. The lowest BCUT2D eigenvalue weighted by atomic mass is 10.0. The van der Waals surface area contributed by atoms with Crippen LogP contribution < -0.4 is 5.32 Å². The number of aliphatic hydroxyl groups is 1. The van der Waals surface area contributed by atoms with Crippen LogP contribution in [-0.2, 0) is 0 Å². The van der Waals surface area contributed by atoms with Gasteiger partial charge in [-0.25, -0.2) is 0 Å². The molecule has 3 atom stereocenters. The van der Waals surface area contributed by atoms with E-state index in [1.54, 1.807) is 0 Å². The second kappa shape index (κ2) is 4.40. The highest BCUT2D eigenvalue weighted by Crippen LogP contribution is 2.28. The summed E-state index contributed by atoms with van der Waals surface area (Å²) in [5.41, 5.74) is -0.536. The lowest BCUT2D eigenvalue weighted by molar-refractivity contribution is 0.0517. The monoisotopic (exact) mass is 212 g/mol. The SMILES string of the molecule is CCC(C)(O)CNC1CCN2CCCC12. The first kappa shape index (κ1) is 11.4. The normalized spacial score (nSPS) is 35.4. The highest BCUT2D eigenvalue weighted by atomic mass is 16.3. The molecular weight excluding hydrogens is 188 g/mol. The predicted octanol–water partition coefficient (Wildman–Crippen LogP) is 0.974. The molecule has 2 saturated heterocycles. The average molecular weight is 212 g/mol. The Morgan fingerprint density at radius 3 is 2.93 bits per heavy atom. The van der Waals surface area contributed by atoms with E-state index in [0.717, 1.165) is 19.0 Å². The second-order valence-electron chi connectivity index (χ2n) is 5.37. The Bertz CT molecular complexity index is 218. The van der Waals surface area contributed by atoms with Gasteiger partial charge >= 0.3 is 0 Å². The first-order valence-electron chi connectivity index (χ1n) is 6.32. The molecule has 2 rings (SSSR count). The molecule has 0 spiro atoms. The molecule has 3 unspecified atom stereocenters. The molecule has 3 nitrogen and oxygen atoms in total. The van der Waals surface area contributed by atoms with Gasteiger partial charge in [-0.3, -0.25) is 4.90 Å². The molecule has 2 aliphatic heterocycles. The van der Waals surface area contributed by atoms with Crippen molar-refractivity contribution in [2.45, 2.75) is 57.2 Å². The molecule has 2 heterocycles. The van der Waals surface area contributed by atoms with Gasteiger partial charge in [-0.2, -0.15) is 0 Å². The van der Waals surface area contributed by atoms with E-state index in [9.17, 15) is 5.11 Å². The van der Waals surface area contributed by atoms with E-state index in [2.05, 4.69) is 10.2 Å². The van der Waals surface area contributed by atoms with Crippen molar-refractivity contribution in [2.24, 2.45) is 0 Å². The Morgan fingerprint density at radius 2 is 2.20 bits per heavy atom. The molecule has 2 aliphatic rings. The molecule has 0 radical (unpaired) electrons. The fourth-order valence-electron chi connectivity index (χ4n) is 2.80. The van der Waals surface area contributed by atoms with Crippen LogP contribution in [0.15, 0.2) is 0 Å². The van der Waals surface area contributed by atoms with E-state index < -0.39 is 5.60 Å². The molecular formula is C12H24N2O. The van der Waals surface area contributed by atoms with Gasteiger partial charge in [0.15, 0.2) is 0 Å². The molecule has 2 fully saturated rings. The summed E-state index contributed by atoms with van der Waals surface area (Å²) in [5.74, 6) is 0. The highest BCUT2D eigenvalue weighted by molar-refractivity contribution is 4.96. The summed E-state index contributed by atoms with van der Waals surface area (Å²) >= 11 is 0. The number of nitrogens with one attached hydrogen (secondary N) is 1. The average Bonchev–Trinajstić information content (AvgIpc) is 2.77. The van der Waals surface area contributed by atoms with Crippen molar-refractivity contribution < 1.29 is 5.11 Å². The van der Waals surface area contributed by atoms with Crippen molar-refractivity contribution in [3.63, 3.8) is 0 Å². The van der Waals surface area contributed by atoms with Crippen LogP contribution in [-0.4, -0.2) is 47.3 Å². The number of hydrogen-bond donors (Lipinski definition) is 2. The van der Waals surface area contributed by atoms with Crippen LogP contribution in [0.5, 0.6) is 0 Å². The van der Waals surface area contributed by atoms with Crippen molar-refractivity contribution in [3.8, 4) is 0 Å². The van der Waals surface area contributed by atoms with E-state index in [4.69, 9.17) is 0 Å². The molecule has 0 aromatic carbocycles. The number of hydrogen-bond acceptors (Lipinski definition) is 3. The van der Waals surface area contributed by atoms with Gasteiger partial charge in [0.1, 0.15) is 0 Å². The lowest BCUT2D eigenvalue weighted by Crippen LogP contribution is -2.46. The van der Waals surface area contributed by atoms with E-state index in [0.29, 0.717) is 6.04 Å². The molecule has 0 saturated carbocycles. The quantitative estimate of drug-likeness (QED) is 0.729. The zero-order chi connectivity index (χ0) is 10.9. The third kappa shape index (κ3) is 2.52. The summed E-state index contributed by atoms with van der Waals surface area (Å²) in [7, 11) is 0. The molecule has 0 bridgehead atoms. The van der Waals surface area contributed by atoms with Crippen molar-refractivity contribution in [1.82, 2.24) is 10.2 Å². The second-order valence-corrected chi connectivity index (χ2v) is 5.37. The molecule has 0 aromatic rings. The van der Waals surface area contributed by atoms with Gasteiger partial charge in [-0.05, 0) is 39.2 Å². The minimum absolute atomic E-state index is 0.536. The van der Waals surface area contributed by atoms with Crippen LogP contribution in [0.1, 0.15) is 39.5 Å².